The van der Waals surface area contributed by atoms with E-state index in [1.54, 1.807) is 37.3 Å². The van der Waals surface area contributed by atoms with Crippen LogP contribution in [-0.4, -0.2) is 122 Å². The predicted molar refractivity (Wildman–Crippen MR) is 144 cm³/mol. The van der Waals surface area contributed by atoms with Crippen LogP contribution in [0.2, 0.25) is 0 Å². The maximum absolute atomic E-state index is 13.6. The lowest BCUT2D eigenvalue weighted by molar-refractivity contribution is -0.161. The summed E-state index contributed by atoms with van der Waals surface area (Å²) in [7, 11) is 7.23. The van der Waals surface area contributed by atoms with Crippen molar-refractivity contribution in [3.05, 3.63) is 35.9 Å². The lowest BCUT2D eigenvalue weighted by atomic mass is 9.74. The highest BCUT2D eigenvalue weighted by atomic mass is 35.5. The van der Waals surface area contributed by atoms with Gasteiger partial charge in [-0.3, -0.25) is 29.0 Å². The van der Waals surface area contributed by atoms with Crippen LogP contribution in [0.25, 0.3) is 0 Å². The van der Waals surface area contributed by atoms with Gasteiger partial charge in [-0.05, 0) is 40.2 Å². The van der Waals surface area contributed by atoms with Crippen molar-refractivity contribution in [3.63, 3.8) is 0 Å². The van der Waals surface area contributed by atoms with Crippen LogP contribution in [0.1, 0.15) is 18.9 Å². The molecule has 38 heavy (non-hydrogen) atoms. The second-order valence-electron chi connectivity index (χ2n) is 8.74. The zero-order chi connectivity index (χ0) is 26.2. The third kappa shape index (κ3) is 8.91. The number of hydrogen-bond acceptors (Lipinski definition) is 9. The minimum absolute atomic E-state index is 0. The highest BCUT2D eigenvalue weighted by Crippen LogP contribution is 2.36. The third-order valence-corrected chi connectivity index (χ3v) is 5.66. The topological polar surface area (TPSA) is 148 Å². The number of urea groups is 1. The lowest BCUT2D eigenvalue weighted by Crippen LogP contribution is -2.68. The Balaban J connectivity index is 0. The van der Waals surface area contributed by atoms with Gasteiger partial charge in [0.1, 0.15) is 26.3 Å². The fourth-order valence-electron chi connectivity index (χ4n) is 3.66. The summed E-state index contributed by atoms with van der Waals surface area (Å²) in [5.74, 6) is -3.25. The number of benzene rings is 1. The summed E-state index contributed by atoms with van der Waals surface area (Å²) in [4.78, 5) is 70.3. The fraction of sp³-hybridized carbons (Fsp3) is 0.542. The highest BCUT2D eigenvalue weighted by Gasteiger charge is 2.58. The van der Waals surface area contributed by atoms with Crippen molar-refractivity contribution in [2.45, 2.75) is 18.8 Å². The summed E-state index contributed by atoms with van der Waals surface area (Å²) in [6.45, 7) is 1.33. The van der Waals surface area contributed by atoms with Gasteiger partial charge in [0.15, 0.2) is 5.41 Å². The zero-order valence-electron chi connectivity index (χ0n) is 22.3. The van der Waals surface area contributed by atoms with Crippen LogP contribution in [-0.2, 0) is 34.1 Å². The first-order valence-corrected chi connectivity index (χ1v) is 11.4. The SMILES string of the molecule is CCC1(c2ccccc2)C(=O)N(CC(=O)OCCN(C)C)C(=O)N(CC(=O)OCCN(C)C)C1=O.Cl.Cl.O. The van der Waals surface area contributed by atoms with Gasteiger partial charge < -0.3 is 24.7 Å². The summed E-state index contributed by atoms with van der Waals surface area (Å²) in [5, 5.41) is 0. The Kier molecular flexibility index (Phi) is 16.7. The number of ether oxygens (including phenoxy) is 2. The molecule has 1 saturated heterocycles. The van der Waals surface area contributed by atoms with Crippen molar-refractivity contribution in [3.8, 4) is 0 Å². The monoisotopic (exact) mass is 580 g/mol. The Bertz CT molecular complexity index is 897. The van der Waals surface area contributed by atoms with Crippen molar-refractivity contribution in [2.75, 3.05) is 67.6 Å². The molecule has 1 fully saturated rings. The van der Waals surface area contributed by atoms with E-state index in [4.69, 9.17) is 9.47 Å². The predicted octanol–water partition coefficient (Wildman–Crippen LogP) is 0.354. The van der Waals surface area contributed by atoms with Gasteiger partial charge in [-0.15, -0.1) is 24.8 Å². The van der Waals surface area contributed by atoms with Crippen LogP contribution in [0.3, 0.4) is 0 Å². The second-order valence-corrected chi connectivity index (χ2v) is 8.74. The van der Waals surface area contributed by atoms with Crippen molar-refractivity contribution in [1.82, 2.24) is 19.6 Å². The normalized spacial score (nSPS) is 14.4. The first kappa shape index (κ1) is 37.4. The van der Waals surface area contributed by atoms with E-state index in [1.165, 1.54) is 0 Å². The molecule has 1 aliphatic heterocycles. The number of rotatable bonds is 12. The third-order valence-electron chi connectivity index (χ3n) is 5.66. The van der Waals surface area contributed by atoms with Crippen LogP contribution >= 0.6 is 24.8 Å². The van der Waals surface area contributed by atoms with Crippen LogP contribution < -0.4 is 0 Å². The van der Waals surface area contributed by atoms with Crippen LogP contribution in [0.4, 0.5) is 4.79 Å². The number of imide groups is 2. The number of halogens is 2. The Morgan fingerprint density at radius 2 is 1.18 bits per heavy atom. The Hall–Kier alpha value is -2.77. The molecule has 12 nitrogen and oxygen atoms in total. The summed E-state index contributed by atoms with van der Waals surface area (Å²) in [5.41, 5.74) is -1.41. The molecule has 0 radical (unpaired) electrons. The van der Waals surface area contributed by atoms with E-state index in [0.717, 1.165) is 0 Å². The number of esters is 2. The first-order valence-electron chi connectivity index (χ1n) is 11.4. The standard InChI is InChI=1S/C24H34N4O7.2ClH.H2O/c1-6-24(18-10-8-7-9-11-18)21(31)27(16-19(29)34-14-12-25(2)3)23(33)28(22(24)32)17-20(30)35-15-13-26(4)5;;;/h7-11H,6,12-17H2,1-5H3;2*1H;1H2. The molecule has 0 bridgehead atoms. The minimum Gasteiger partial charge on any atom is -0.463 e. The van der Waals surface area contributed by atoms with E-state index in [-0.39, 0.29) is 49.9 Å². The number of amides is 4. The molecule has 14 heteroatoms. The molecular formula is C24H38Cl2N4O8. The number of carbonyl (C=O) groups is 5. The molecule has 1 aliphatic rings. The summed E-state index contributed by atoms with van der Waals surface area (Å²) >= 11 is 0. The van der Waals surface area contributed by atoms with Gasteiger partial charge in [-0.1, -0.05) is 37.3 Å². The van der Waals surface area contributed by atoms with E-state index in [1.807, 2.05) is 38.0 Å². The molecule has 1 heterocycles. The van der Waals surface area contributed by atoms with E-state index < -0.39 is 48.3 Å². The number of nitrogens with zero attached hydrogens (tertiary/aromatic N) is 4. The molecule has 1 aromatic rings. The molecule has 0 unspecified atom stereocenters. The van der Waals surface area contributed by atoms with Crippen molar-refractivity contribution in [2.24, 2.45) is 0 Å². The van der Waals surface area contributed by atoms with Crippen LogP contribution in [0.15, 0.2) is 30.3 Å². The molecule has 1 aromatic carbocycles. The van der Waals surface area contributed by atoms with E-state index in [9.17, 15) is 24.0 Å². The molecule has 216 valence electrons. The van der Waals surface area contributed by atoms with Gasteiger partial charge in [-0.25, -0.2) is 4.79 Å². The second kappa shape index (κ2) is 16.9. The Labute approximate surface area is 235 Å². The van der Waals surface area contributed by atoms with Gasteiger partial charge in [0.25, 0.3) is 11.8 Å². The maximum atomic E-state index is 13.6. The van der Waals surface area contributed by atoms with Gasteiger partial charge in [-0.2, -0.15) is 0 Å². The first-order chi connectivity index (χ1) is 16.5. The summed E-state index contributed by atoms with van der Waals surface area (Å²) in [6.07, 6.45) is 0.0142. The van der Waals surface area contributed by atoms with Crippen molar-refractivity contribution < 1.29 is 38.9 Å². The molecule has 0 spiro atoms. The molecule has 0 saturated carbocycles. The van der Waals surface area contributed by atoms with E-state index in [2.05, 4.69) is 0 Å². The Morgan fingerprint density at radius 3 is 1.53 bits per heavy atom. The number of barbiturate groups is 1. The molecule has 0 aliphatic carbocycles. The Morgan fingerprint density at radius 1 is 0.789 bits per heavy atom. The number of hydrogen-bond donors (Lipinski definition) is 0. The maximum Gasteiger partial charge on any atom is 0.334 e. The lowest BCUT2D eigenvalue weighted by Gasteiger charge is -2.43. The minimum atomic E-state index is -1.77. The summed E-state index contributed by atoms with van der Waals surface area (Å²) in [6, 6.07) is 7.23. The van der Waals surface area contributed by atoms with Crippen LogP contribution in [0, 0.1) is 0 Å². The average molecular weight is 581 g/mol. The van der Waals surface area contributed by atoms with Gasteiger partial charge in [0.05, 0.1) is 0 Å². The van der Waals surface area contributed by atoms with Crippen molar-refractivity contribution in [1.29, 1.82) is 0 Å². The highest BCUT2D eigenvalue weighted by molar-refractivity contribution is 6.24. The van der Waals surface area contributed by atoms with Crippen LogP contribution in [0.5, 0.6) is 0 Å². The number of carbonyl (C=O) groups excluding carboxylic acids is 5. The number of likely N-dealkylation sites (N-methyl/N-ethyl adjacent to an activating group) is 2. The van der Waals surface area contributed by atoms with Gasteiger partial charge in [0.2, 0.25) is 0 Å². The largest absolute Gasteiger partial charge is 0.463 e. The summed E-state index contributed by atoms with van der Waals surface area (Å²) < 4.78 is 10.3. The molecule has 0 aromatic heterocycles. The van der Waals surface area contributed by atoms with E-state index in [0.29, 0.717) is 28.5 Å². The van der Waals surface area contributed by atoms with Gasteiger partial charge >= 0.3 is 18.0 Å². The molecule has 4 amide bonds. The quantitative estimate of drug-likeness (QED) is 0.252. The smallest absolute Gasteiger partial charge is 0.334 e. The molecular weight excluding hydrogens is 543 g/mol. The molecule has 2 rings (SSSR count). The molecule has 0 atom stereocenters. The zero-order valence-corrected chi connectivity index (χ0v) is 23.9. The van der Waals surface area contributed by atoms with E-state index >= 15 is 0 Å². The fourth-order valence-corrected chi connectivity index (χ4v) is 3.66. The van der Waals surface area contributed by atoms with Gasteiger partial charge in [0, 0.05) is 13.1 Å². The average Bonchev–Trinajstić information content (AvgIpc) is 2.80. The molecule has 2 N–H and O–H groups in total. The van der Waals surface area contributed by atoms with Crippen molar-refractivity contribution >= 4 is 54.6 Å².